The third-order valence-electron chi connectivity index (χ3n) is 6.72. The first-order chi connectivity index (χ1) is 24.3. The topological polar surface area (TPSA) is 367 Å². The highest BCUT2D eigenvalue weighted by atomic mass is 16.5. The number of nitrogens with two attached hydrogens (primary N) is 5. The highest BCUT2D eigenvalue weighted by Crippen LogP contribution is 2.32. The second-order valence-corrected chi connectivity index (χ2v) is 11.5. The summed E-state index contributed by atoms with van der Waals surface area (Å²) in [7, 11) is 8.99. The summed E-state index contributed by atoms with van der Waals surface area (Å²) in [6.45, 7) is 8.20. The third kappa shape index (κ3) is 32.9. The zero-order chi connectivity index (χ0) is 43.3. The molecule has 0 bridgehead atoms. The Morgan fingerprint density at radius 3 is 1.12 bits per heavy atom. The number of carbonyl (C=O) groups is 5. The lowest BCUT2D eigenvalue weighted by atomic mass is 9.78. The molecule has 17 N–H and O–H groups in total. The number of amides is 1. The van der Waals surface area contributed by atoms with Crippen LogP contribution in [0.4, 0.5) is 0 Å². The predicted octanol–water partition coefficient (Wildman–Crippen LogP) is -1.55. The second kappa shape index (κ2) is 40.8. The minimum Gasteiger partial charge on any atom is -0.481 e. The van der Waals surface area contributed by atoms with Crippen molar-refractivity contribution in [3.8, 4) is 0 Å². The van der Waals surface area contributed by atoms with Gasteiger partial charge in [0.15, 0.2) is 0 Å². The predicted molar refractivity (Wildman–Crippen MR) is 200 cm³/mol. The molecular formula is C33H76N6O13. The van der Waals surface area contributed by atoms with Gasteiger partial charge in [-0.25, -0.2) is 0 Å². The zero-order valence-electron chi connectivity index (χ0n) is 33.7. The van der Waals surface area contributed by atoms with Gasteiger partial charge in [0.1, 0.15) is 25.4 Å². The van der Waals surface area contributed by atoms with E-state index >= 15 is 0 Å². The van der Waals surface area contributed by atoms with Crippen LogP contribution in [-0.2, 0) is 33.4 Å². The number of aliphatic hydroxyl groups excluding tert-OH is 4. The number of rotatable bonds is 19. The molecule has 19 heteroatoms. The fraction of sp³-hybridized carbons (Fsp3) is 0.848. The molecule has 0 aromatic carbocycles. The van der Waals surface area contributed by atoms with Gasteiger partial charge in [0, 0.05) is 13.0 Å². The normalized spacial score (nSPS) is 12.8. The molecule has 19 nitrogen and oxygen atoms in total. The SMILES string of the molecule is CCC(CC(C)(C)C(=O)OCC(O)CO)C(=O)O.CCC(CC(CC(C)(C)C(=O)OCC(O)CO)C(=O)O)C(=O)NC.CN.CN.CN.CN.CN. The number of aliphatic hydroxyl groups is 4. The highest BCUT2D eigenvalue weighted by Gasteiger charge is 2.37. The Hall–Kier alpha value is -3.01. The molecule has 0 aliphatic carbocycles. The van der Waals surface area contributed by atoms with Gasteiger partial charge in [-0.3, -0.25) is 24.0 Å². The van der Waals surface area contributed by atoms with Crippen LogP contribution in [0.5, 0.6) is 0 Å². The van der Waals surface area contributed by atoms with Gasteiger partial charge < -0.3 is 74.1 Å². The summed E-state index contributed by atoms with van der Waals surface area (Å²) in [5, 5.41) is 56.5. The quantitative estimate of drug-likeness (QED) is 0.0662. The first-order valence-corrected chi connectivity index (χ1v) is 16.8. The van der Waals surface area contributed by atoms with Crippen molar-refractivity contribution in [2.24, 2.45) is 57.3 Å². The minimum absolute atomic E-state index is 0.00385. The standard InChI is InChI=1S/C16H29NO7.C12H22O6.5CH5N/c1-5-10(13(20)17-4)6-11(14(21)22)7-16(2,3)15(23)24-9-12(19)8-18;1-4-8(10(15)16)5-12(2,3)11(17)18-7-9(14)6-13;5*1-2/h10-12,18-19H,5-9H2,1-4H3,(H,17,20)(H,21,22);8-9,13-14H,4-7H2,1-3H3,(H,15,16);5*2H2,1H3. The first-order valence-electron chi connectivity index (χ1n) is 16.8. The lowest BCUT2D eigenvalue weighted by molar-refractivity contribution is -0.161. The fourth-order valence-electron chi connectivity index (χ4n) is 3.92. The van der Waals surface area contributed by atoms with Gasteiger partial charge in [0.2, 0.25) is 5.91 Å². The molecule has 0 aromatic rings. The van der Waals surface area contributed by atoms with Crippen LogP contribution in [-0.4, -0.2) is 141 Å². The van der Waals surface area contributed by atoms with Crippen LogP contribution >= 0.6 is 0 Å². The number of carboxylic acid groups (broad SMARTS) is 2. The van der Waals surface area contributed by atoms with Crippen molar-refractivity contribution in [3.63, 3.8) is 0 Å². The first kappa shape index (κ1) is 64.0. The summed E-state index contributed by atoms with van der Waals surface area (Å²) < 4.78 is 9.76. The van der Waals surface area contributed by atoms with E-state index in [2.05, 4.69) is 34.0 Å². The van der Waals surface area contributed by atoms with Crippen molar-refractivity contribution in [1.82, 2.24) is 5.32 Å². The fourth-order valence-corrected chi connectivity index (χ4v) is 3.92. The number of ether oxygens (including phenoxy) is 2. The summed E-state index contributed by atoms with van der Waals surface area (Å²) in [5.41, 5.74) is 20.5. The van der Waals surface area contributed by atoms with Crippen LogP contribution in [0.1, 0.15) is 73.6 Å². The Kier molecular flexibility index (Phi) is 50.2. The Labute approximate surface area is 311 Å². The average Bonchev–Trinajstić information content (AvgIpc) is 3.16. The number of carbonyl (C=O) groups excluding carboxylic acids is 3. The van der Waals surface area contributed by atoms with Gasteiger partial charge in [-0.05, 0) is 95.0 Å². The number of aliphatic carboxylic acids is 2. The second-order valence-electron chi connectivity index (χ2n) is 11.5. The summed E-state index contributed by atoms with van der Waals surface area (Å²) >= 11 is 0. The van der Waals surface area contributed by atoms with Crippen molar-refractivity contribution < 1.29 is 64.1 Å². The Morgan fingerprint density at radius 1 is 0.596 bits per heavy atom. The van der Waals surface area contributed by atoms with Crippen LogP contribution in [0.15, 0.2) is 0 Å². The summed E-state index contributed by atoms with van der Waals surface area (Å²) in [4.78, 5) is 58.1. The molecular weight excluding hydrogens is 688 g/mol. The number of hydrogen-bond acceptors (Lipinski definition) is 16. The van der Waals surface area contributed by atoms with Crippen molar-refractivity contribution in [3.05, 3.63) is 0 Å². The molecule has 1 amide bonds. The molecule has 0 saturated carbocycles. The molecule has 0 aliphatic heterocycles. The maximum Gasteiger partial charge on any atom is 0.311 e. The van der Waals surface area contributed by atoms with E-state index in [1.807, 2.05) is 0 Å². The Balaban J connectivity index is -0.000000128. The van der Waals surface area contributed by atoms with Crippen molar-refractivity contribution in [1.29, 1.82) is 0 Å². The van der Waals surface area contributed by atoms with Gasteiger partial charge in [-0.2, -0.15) is 0 Å². The molecule has 0 aromatic heterocycles. The molecule has 0 radical (unpaired) electrons. The van der Waals surface area contributed by atoms with E-state index < -0.39 is 77.9 Å². The average molecular weight is 765 g/mol. The molecule has 5 unspecified atom stereocenters. The summed E-state index contributed by atoms with van der Waals surface area (Å²) in [6.07, 6.45) is -1.04. The van der Waals surface area contributed by atoms with Crippen LogP contribution in [0.25, 0.3) is 0 Å². The molecule has 0 saturated heterocycles. The lowest BCUT2D eigenvalue weighted by Gasteiger charge is -2.28. The van der Waals surface area contributed by atoms with Crippen molar-refractivity contribution in [2.45, 2.75) is 85.9 Å². The van der Waals surface area contributed by atoms with Crippen molar-refractivity contribution >= 4 is 29.8 Å². The van der Waals surface area contributed by atoms with E-state index in [0.29, 0.717) is 12.8 Å². The van der Waals surface area contributed by atoms with E-state index in [0.717, 1.165) is 0 Å². The van der Waals surface area contributed by atoms with Gasteiger partial charge in [-0.1, -0.05) is 13.8 Å². The number of nitrogens with one attached hydrogen (secondary N) is 1. The number of carboxylic acids is 2. The number of esters is 2. The molecule has 52 heavy (non-hydrogen) atoms. The third-order valence-corrected chi connectivity index (χ3v) is 6.72. The number of hydrogen-bond donors (Lipinski definition) is 12. The van der Waals surface area contributed by atoms with Gasteiger partial charge in [0.05, 0.1) is 35.9 Å². The largest absolute Gasteiger partial charge is 0.481 e. The van der Waals surface area contributed by atoms with Crippen molar-refractivity contribution in [2.75, 3.05) is 68.7 Å². The molecule has 5 atom stereocenters. The van der Waals surface area contributed by atoms with E-state index in [1.165, 1.54) is 42.3 Å². The van der Waals surface area contributed by atoms with E-state index in [-0.39, 0.29) is 38.4 Å². The van der Waals surface area contributed by atoms with Crippen LogP contribution < -0.4 is 34.0 Å². The van der Waals surface area contributed by atoms with E-state index in [9.17, 15) is 34.2 Å². The Morgan fingerprint density at radius 2 is 0.885 bits per heavy atom. The van der Waals surface area contributed by atoms with Gasteiger partial charge >= 0.3 is 23.9 Å². The van der Waals surface area contributed by atoms with E-state index in [4.69, 9.17) is 29.9 Å². The van der Waals surface area contributed by atoms with Gasteiger partial charge in [0.25, 0.3) is 0 Å². The van der Waals surface area contributed by atoms with Crippen LogP contribution in [0, 0.1) is 28.6 Å². The monoisotopic (exact) mass is 765 g/mol. The van der Waals surface area contributed by atoms with Crippen LogP contribution in [0.2, 0.25) is 0 Å². The molecule has 0 heterocycles. The highest BCUT2D eigenvalue weighted by molar-refractivity contribution is 5.80. The minimum atomic E-state index is -1.17. The maximum atomic E-state index is 12.1. The molecule has 0 fully saturated rings. The Bertz CT molecular complexity index is 881. The molecule has 0 aliphatic rings. The zero-order valence-corrected chi connectivity index (χ0v) is 33.7. The maximum absolute atomic E-state index is 12.1. The molecule has 0 rings (SSSR count). The van der Waals surface area contributed by atoms with Crippen LogP contribution in [0.3, 0.4) is 0 Å². The van der Waals surface area contributed by atoms with Gasteiger partial charge in [-0.15, -0.1) is 0 Å². The van der Waals surface area contributed by atoms with E-state index in [1.54, 1.807) is 41.5 Å². The summed E-state index contributed by atoms with van der Waals surface area (Å²) in [5.74, 6) is -5.39. The lowest BCUT2D eigenvalue weighted by Crippen LogP contribution is -2.36. The smallest absolute Gasteiger partial charge is 0.311 e. The molecule has 0 spiro atoms. The molecule has 316 valence electrons. The summed E-state index contributed by atoms with van der Waals surface area (Å²) in [6, 6.07) is 0.